The standard InChI is InChI=1S/C47H49N3OS.Pt/c1-27-15-35(50-41-14-13-33(44(5,6)7)23-38(41)39-17-28(2)26-48-42(39)50)24-36(16-27)51-37-21-31(20-34(22-37)45(8,9)10)43-49-46(11)25-32-18-29(3)30(4)19-40(32)47(46,12)52-43;/h13-20,22-23,26H,25H2,1-12H3;/q-2;+2/t46-,47+;/m1./s1/i25D2;. The molecule has 8 rings (SSSR count). The van der Waals surface area contributed by atoms with E-state index >= 15 is 0 Å². The number of pyridine rings is 1. The van der Waals surface area contributed by atoms with Crippen molar-refractivity contribution in [3.05, 3.63) is 129 Å². The number of aliphatic imine (C=N–C) groups is 1. The summed E-state index contributed by atoms with van der Waals surface area (Å²) in [5.41, 5.74) is 11.0. The van der Waals surface area contributed by atoms with Crippen molar-refractivity contribution in [2.75, 3.05) is 0 Å². The maximum absolute atomic E-state index is 9.42. The molecule has 0 amide bonds. The Morgan fingerprint density at radius 1 is 0.792 bits per heavy atom. The van der Waals surface area contributed by atoms with Gasteiger partial charge in [0.25, 0.3) is 0 Å². The SMILES string of the molecule is [2H]C1([2H])c2cc(C)c(C)cc2[C@]2(C)SC(c3[c-]c(Oc4[c-]c(-n5c6ccc(C(C)(C)C)cc6c6cc(C)cnc65)cc(C)c4)cc(C(C)(C)C)c3)=N[C@]12C.[Pt+2]. The molecule has 0 radical (unpaired) electrons. The van der Waals surface area contributed by atoms with Crippen LogP contribution in [0.15, 0.2) is 71.9 Å². The van der Waals surface area contributed by atoms with E-state index in [1.807, 2.05) is 25.3 Å². The van der Waals surface area contributed by atoms with E-state index < -0.39 is 16.7 Å². The summed E-state index contributed by atoms with van der Waals surface area (Å²) in [5.74, 6) is 1.15. The molecule has 0 N–H and O–H groups in total. The number of aryl methyl sites for hydroxylation is 4. The molecule has 0 saturated heterocycles. The zero-order valence-electron chi connectivity index (χ0n) is 34.8. The summed E-state index contributed by atoms with van der Waals surface area (Å²) in [6.07, 6.45) is 0.280. The molecule has 2 aromatic heterocycles. The second kappa shape index (κ2) is 12.7. The minimum atomic E-state index is -1.65. The monoisotopic (exact) mass is 900 g/mol. The Balaban J connectivity index is 0.00000465. The van der Waals surface area contributed by atoms with Crippen molar-refractivity contribution in [3.63, 3.8) is 0 Å². The predicted molar refractivity (Wildman–Crippen MR) is 219 cm³/mol. The Morgan fingerprint density at radius 2 is 1.49 bits per heavy atom. The molecule has 0 fully saturated rings. The molecule has 0 spiro atoms. The minimum Gasteiger partial charge on any atom is -0.503 e. The molecule has 0 unspecified atom stereocenters. The van der Waals surface area contributed by atoms with Gasteiger partial charge >= 0.3 is 21.1 Å². The average molecular weight is 901 g/mol. The van der Waals surface area contributed by atoms with E-state index in [1.165, 1.54) is 10.9 Å². The van der Waals surface area contributed by atoms with Crippen LogP contribution < -0.4 is 4.74 Å². The summed E-state index contributed by atoms with van der Waals surface area (Å²) < 4.78 is 27.2. The van der Waals surface area contributed by atoms with Crippen LogP contribution in [-0.2, 0) is 43.0 Å². The third-order valence-electron chi connectivity index (χ3n) is 11.1. The van der Waals surface area contributed by atoms with Crippen LogP contribution in [0, 0.1) is 39.8 Å². The van der Waals surface area contributed by atoms with Crippen LogP contribution >= 0.6 is 11.8 Å². The van der Waals surface area contributed by atoms with Crippen LogP contribution in [0.1, 0.15) is 108 Å². The molecular weight excluding hydrogens is 850 g/mol. The van der Waals surface area contributed by atoms with E-state index in [-0.39, 0.29) is 31.9 Å². The fourth-order valence-corrected chi connectivity index (χ4v) is 9.00. The molecule has 2 atom stereocenters. The molecule has 53 heavy (non-hydrogen) atoms. The van der Waals surface area contributed by atoms with Crippen molar-refractivity contribution < 1.29 is 28.5 Å². The molecule has 4 aromatic carbocycles. The summed E-state index contributed by atoms with van der Waals surface area (Å²) in [6.45, 7) is 25.7. The maximum Gasteiger partial charge on any atom is 2.00 e. The molecule has 274 valence electrons. The first kappa shape index (κ1) is 35.1. The van der Waals surface area contributed by atoms with Crippen molar-refractivity contribution in [3.8, 4) is 17.2 Å². The van der Waals surface area contributed by atoms with Crippen molar-refractivity contribution in [2.24, 2.45) is 4.99 Å². The number of thioether (sulfide) groups is 1. The molecule has 2 aliphatic rings. The summed E-state index contributed by atoms with van der Waals surface area (Å²) in [7, 11) is 0. The molecule has 6 aromatic rings. The van der Waals surface area contributed by atoms with Gasteiger partial charge in [-0.25, -0.2) is 4.98 Å². The second-order valence-corrected chi connectivity index (χ2v) is 18.7. The number of nitrogens with zero attached hydrogens (tertiary/aromatic N) is 3. The summed E-state index contributed by atoms with van der Waals surface area (Å²) in [6, 6.07) is 28.7. The Morgan fingerprint density at radius 3 is 2.21 bits per heavy atom. The molecule has 0 bridgehead atoms. The van der Waals surface area contributed by atoms with Crippen LogP contribution in [-0.4, -0.2) is 20.1 Å². The fourth-order valence-electron chi connectivity index (χ4n) is 7.59. The van der Waals surface area contributed by atoms with Crippen molar-refractivity contribution >= 4 is 38.7 Å². The zero-order valence-corrected chi connectivity index (χ0v) is 35.9. The van der Waals surface area contributed by atoms with Crippen LogP contribution in [0.2, 0.25) is 0 Å². The van der Waals surface area contributed by atoms with Gasteiger partial charge in [0, 0.05) is 36.3 Å². The van der Waals surface area contributed by atoms with Crippen LogP contribution in [0.4, 0.5) is 0 Å². The van der Waals surface area contributed by atoms with Crippen LogP contribution in [0.3, 0.4) is 0 Å². The minimum absolute atomic E-state index is 0. The van der Waals surface area contributed by atoms with Gasteiger partial charge in [-0.3, -0.25) is 0 Å². The quantitative estimate of drug-likeness (QED) is 0.166. The van der Waals surface area contributed by atoms with E-state index in [4.69, 9.17) is 14.7 Å². The Labute approximate surface area is 336 Å². The number of benzene rings is 4. The van der Waals surface area contributed by atoms with Crippen molar-refractivity contribution in [1.82, 2.24) is 9.55 Å². The molecular formula is C47H49N3OPtS. The molecule has 4 nitrogen and oxygen atoms in total. The van der Waals surface area contributed by atoms with Gasteiger partial charge in [-0.05, 0) is 103 Å². The normalized spacial score (nSPS) is 21.2. The largest absolute Gasteiger partial charge is 2.00 e. The van der Waals surface area contributed by atoms with Gasteiger partial charge in [0.15, 0.2) is 0 Å². The number of aromatic nitrogens is 2. The molecule has 1 aliphatic heterocycles. The molecule has 1 aliphatic carbocycles. The van der Waals surface area contributed by atoms with E-state index in [9.17, 15) is 2.74 Å². The molecule has 3 heterocycles. The van der Waals surface area contributed by atoms with Gasteiger partial charge < -0.3 is 14.3 Å². The molecule has 6 heteroatoms. The molecule has 0 saturated carbocycles. The predicted octanol–water partition coefficient (Wildman–Crippen LogP) is 12.1. The second-order valence-electron chi connectivity index (χ2n) is 17.3. The first-order chi connectivity index (χ1) is 25.1. The fraction of sp³-hybridized carbons (Fsp3) is 0.362. The van der Waals surface area contributed by atoms with Gasteiger partial charge in [0.1, 0.15) is 5.65 Å². The zero-order chi connectivity index (χ0) is 38.9. The average Bonchev–Trinajstić information content (AvgIpc) is 3.59. The van der Waals surface area contributed by atoms with Crippen LogP contribution in [0.5, 0.6) is 11.5 Å². The van der Waals surface area contributed by atoms with Gasteiger partial charge in [-0.2, -0.15) is 5.56 Å². The van der Waals surface area contributed by atoms with Crippen LogP contribution in [0.25, 0.3) is 27.6 Å². The first-order valence-corrected chi connectivity index (χ1v) is 19.1. The van der Waals surface area contributed by atoms with E-state index in [0.717, 1.165) is 71.8 Å². The van der Waals surface area contributed by atoms with Gasteiger partial charge in [-0.1, -0.05) is 84.5 Å². The number of ether oxygens (including phenoxy) is 1. The third-order valence-corrected chi connectivity index (χ3v) is 12.6. The number of hydrogen-bond acceptors (Lipinski definition) is 4. The summed E-state index contributed by atoms with van der Waals surface area (Å²) >= 11 is 1.64. The van der Waals surface area contributed by atoms with E-state index in [0.29, 0.717) is 11.5 Å². The number of fused-ring (bicyclic) bond motifs is 6. The Bertz CT molecular complexity index is 2590. The third kappa shape index (κ3) is 6.30. The van der Waals surface area contributed by atoms with Gasteiger partial charge in [0.2, 0.25) is 0 Å². The Hall–Kier alpha value is -3.66. The topological polar surface area (TPSA) is 39.4 Å². The first-order valence-electron chi connectivity index (χ1n) is 19.2. The van der Waals surface area contributed by atoms with E-state index in [1.54, 1.807) is 11.8 Å². The van der Waals surface area contributed by atoms with Crippen molar-refractivity contribution in [2.45, 2.75) is 111 Å². The van der Waals surface area contributed by atoms with Gasteiger partial charge in [-0.15, -0.1) is 47.2 Å². The van der Waals surface area contributed by atoms with Gasteiger partial charge in [0.05, 0.1) is 15.8 Å². The number of rotatable bonds is 4. The van der Waals surface area contributed by atoms with Crippen molar-refractivity contribution in [1.29, 1.82) is 0 Å². The smallest absolute Gasteiger partial charge is 0.503 e. The maximum atomic E-state index is 9.42. The number of hydrogen-bond donors (Lipinski definition) is 0. The Kier molecular flexibility index (Phi) is 8.41. The van der Waals surface area contributed by atoms with E-state index in [2.05, 4.69) is 141 Å². The summed E-state index contributed by atoms with van der Waals surface area (Å²) in [4.78, 5) is 10.2. The summed E-state index contributed by atoms with van der Waals surface area (Å²) in [5, 5.41) is 3.06.